The second-order valence-corrected chi connectivity index (χ2v) is 21.0. The van der Waals surface area contributed by atoms with Crippen molar-refractivity contribution in [3.05, 3.63) is 60.8 Å². The summed E-state index contributed by atoms with van der Waals surface area (Å²) in [7, 11) is 0. The highest BCUT2D eigenvalue weighted by molar-refractivity contribution is 5.80. The molecule has 1 fully saturated rings. The summed E-state index contributed by atoms with van der Waals surface area (Å²) in [6.07, 6.45) is 54.3. The number of hydrogen-bond donors (Lipinski definition) is 8. The van der Waals surface area contributed by atoms with Crippen LogP contribution in [0.15, 0.2) is 60.8 Å². The molecule has 1 aliphatic heterocycles. The summed E-state index contributed by atoms with van der Waals surface area (Å²) in [5, 5.41) is 76.1. The van der Waals surface area contributed by atoms with E-state index in [1.807, 2.05) is 0 Å². The van der Waals surface area contributed by atoms with Crippen molar-refractivity contribution in [3.63, 3.8) is 0 Å². The van der Waals surface area contributed by atoms with E-state index in [2.05, 4.69) is 79.9 Å². The van der Waals surface area contributed by atoms with Gasteiger partial charge in [-0.1, -0.05) is 222 Å². The Labute approximate surface area is 446 Å². The highest BCUT2D eigenvalue weighted by Crippen LogP contribution is 2.23. The Bertz CT molecular complexity index is 1370. The molecule has 0 aliphatic carbocycles. The monoisotopic (exact) mass is 1030 g/mol. The minimum Gasteiger partial charge on any atom is -0.394 e. The molecule has 1 rings (SSSR count). The van der Waals surface area contributed by atoms with E-state index < -0.39 is 74.2 Å². The zero-order valence-corrected chi connectivity index (χ0v) is 46.6. The van der Waals surface area contributed by atoms with Crippen molar-refractivity contribution in [1.82, 2.24) is 5.32 Å². The molecule has 0 aromatic carbocycles. The average molecular weight is 1030 g/mol. The lowest BCUT2D eigenvalue weighted by molar-refractivity contribution is -0.303. The number of ether oxygens (including phenoxy) is 2. The molecule has 0 saturated carbocycles. The number of rotatable bonds is 51. The van der Waals surface area contributed by atoms with Gasteiger partial charge in [0.15, 0.2) is 6.29 Å². The highest BCUT2D eigenvalue weighted by atomic mass is 16.7. The Balaban J connectivity index is 2.31. The Kier molecular flexibility index (Phi) is 47.7. The van der Waals surface area contributed by atoms with E-state index in [9.17, 15) is 40.5 Å². The molecular weight excluding hydrogens is 919 g/mol. The third-order valence-electron chi connectivity index (χ3n) is 14.2. The van der Waals surface area contributed by atoms with E-state index in [0.717, 1.165) is 77.0 Å². The van der Waals surface area contributed by atoms with Gasteiger partial charge in [-0.05, 0) is 96.3 Å². The standard InChI is InChI=1S/C62H113NO10/c1-3-5-7-9-11-13-15-17-19-21-22-23-24-25-26-27-28-29-30-31-32-33-34-36-37-39-41-43-45-47-49-54(65)57(67)53(52-72-62-60(70)59(69)58(68)56(51-64)73-62)63-61(71)55(66)50-48-46-44-42-40-38-35-20-18-16-14-12-10-8-6-4-2/h12,14,18,20,30-31,34,36,41,43,53-60,62,64-70H,3-11,13,15-17,19,21-29,32-33,35,37-40,42,44-52H2,1-2H3,(H,63,71)/b14-12-,20-18-,31-30+,36-34+,43-41+. The van der Waals surface area contributed by atoms with Gasteiger partial charge in [0.1, 0.15) is 36.6 Å². The molecule has 426 valence electrons. The molecule has 11 heteroatoms. The number of aliphatic hydroxyl groups excluding tert-OH is 7. The Morgan fingerprint density at radius 3 is 1.33 bits per heavy atom. The first-order valence-electron chi connectivity index (χ1n) is 30.2. The lowest BCUT2D eigenvalue weighted by Crippen LogP contribution is -2.60. The largest absolute Gasteiger partial charge is 0.394 e. The minimum atomic E-state index is -1.68. The third-order valence-corrected chi connectivity index (χ3v) is 14.2. The van der Waals surface area contributed by atoms with Crippen LogP contribution < -0.4 is 5.32 Å². The van der Waals surface area contributed by atoms with Gasteiger partial charge in [0.05, 0.1) is 25.4 Å². The van der Waals surface area contributed by atoms with Gasteiger partial charge in [0, 0.05) is 0 Å². The minimum absolute atomic E-state index is 0.235. The van der Waals surface area contributed by atoms with Crippen LogP contribution >= 0.6 is 0 Å². The second kappa shape index (κ2) is 50.6. The fraction of sp³-hybridized carbons (Fsp3) is 0.823. The number of allylic oxidation sites excluding steroid dienone is 10. The average Bonchev–Trinajstić information content (AvgIpc) is 3.39. The molecule has 9 atom stereocenters. The molecule has 0 aromatic heterocycles. The lowest BCUT2D eigenvalue weighted by Gasteiger charge is -2.40. The quantitative estimate of drug-likeness (QED) is 0.0215. The molecule has 8 N–H and O–H groups in total. The summed E-state index contributed by atoms with van der Waals surface area (Å²) < 4.78 is 11.1. The van der Waals surface area contributed by atoms with Gasteiger partial charge >= 0.3 is 0 Å². The van der Waals surface area contributed by atoms with Crippen LogP contribution in [0.25, 0.3) is 0 Å². The predicted octanol–water partition coefficient (Wildman–Crippen LogP) is 13.0. The Hall–Kier alpha value is -2.19. The summed E-state index contributed by atoms with van der Waals surface area (Å²) in [5.74, 6) is -0.722. The first-order valence-corrected chi connectivity index (χ1v) is 30.2. The second-order valence-electron chi connectivity index (χ2n) is 21.0. The fourth-order valence-electron chi connectivity index (χ4n) is 9.33. The van der Waals surface area contributed by atoms with E-state index in [1.165, 1.54) is 135 Å². The van der Waals surface area contributed by atoms with Gasteiger partial charge in [-0.15, -0.1) is 0 Å². The smallest absolute Gasteiger partial charge is 0.249 e. The maximum Gasteiger partial charge on any atom is 0.249 e. The van der Waals surface area contributed by atoms with Crippen LogP contribution in [-0.4, -0.2) is 110 Å². The molecule has 1 saturated heterocycles. The first kappa shape index (κ1) is 68.8. The highest BCUT2D eigenvalue weighted by Gasteiger charge is 2.44. The number of aliphatic hydroxyl groups is 7. The number of carbonyl (C=O) groups is 1. The first-order chi connectivity index (χ1) is 35.7. The topological polar surface area (TPSA) is 189 Å². The van der Waals surface area contributed by atoms with Crippen LogP contribution in [0.1, 0.15) is 258 Å². The summed E-state index contributed by atoms with van der Waals surface area (Å²) in [4.78, 5) is 13.2. The summed E-state index contributed by atoms with van der Waals surface area (Å²) >= 11 is 0. The van der Waals surface area contributed by atoms with Crippen LogP contribution in [0.4, 0.5) is 0 Å². The molecule has 9 unspecified atom stereocenters. The van der Waals surface area contributed by atoms with E-state index in [-0.39, 0.29) is 12.8 Å². The van der Waals surface area contributed by atoms with Crippen molar-refractivity contribution < 1.29 is 50.0 Å². The maximum absolute atomic E-state index is 13.2. The number of hydrogen-bond acceptors (Lipinski definition) is 10. The van der Waals surface area contributed by atoms with Crippen LogP contribution in [-0.2, 0) is 14.3 Å². The normalized spacial score (nSPS) is 20.4. The number of carbonyl (C=O) groups excluding carboxylic acids is 1. The molecule has 0 bridgehead atoms. The van der Waals surface area contributed by atoms with E-state index in [4.69, 9.17) is 9.47 Å². The van der Waals surface area contributed by atoms with Crippen molar-refractivity contribution in [3.8, 4) is 0 Å². The van der Waals surface area contributed by atoms with Crippen molar-refractivity contribution in [2.24, 2.45) is 0 Å². The summed E-state index contributed by atoms with van der Waals surface area (Å²) in [6, 6.07) is -1.20. The van der Waals surface area contributed by atoms with Crippen LogP contribution in [0, 0.1) is 0 Å². The molecule has 1 amide bonds. The molecule has 0 aromatic rings. The molecule has 0 spiro atoms. The Morgan fingerprint density at radius 1 is 0.479 bits per heavy atom. The molecular formula is C62H113NO10. The SMILES string of the molecule is CCCCC/C=C\C/C=C\CCCCCCCCC(O)C(=O)NC(COC1OC(CO)C(O)C(O)C1O)C(O)C(O)CCC/C=C/CC/C=C/CC/C=C/CCCCCCCCCCCCCCCCCCC. The fourth-order valence-corrected chi connectivity index (χ4v) is 9.33. The van der Waals surface area contributed by atoms with Gasteiger partial charge in [0.25, 0.3) is 0 Å². The van der Waals surface area contributed by atoms with Gasteiger partial charge in [0.2, 0.25) is 5.91 Å². The molecule has 11 nitrogen and oxygen atoms in total. The molecule has 73 heavy (non-hydrogen) atoms. The summed E-state index contributed by atoms with van der Waals surface area (Å²) in [6.45, 7) is 3.41. The summed E-state index contributed by atoms with van der Waals surface area (Å²) in [5.41, 5.74) is 0. The van der Waals surface area contributed by atoms with Crippen molar-refractivity contribution >= 4 is 5.91 Å². The van der Waals surface area contributed by atoms with E-state index in [0.29, 0.717) is 19.3 Å². The van der Waals surface area contributed by atoms with Crippen LogP contribution in [0.5, 0.6) is 0 Å². The molecule has 1 aliphatic rings. The lowest BCUT2D eigenvalue weighted by atomic mass is 9.98. The van der Waals surface area contributed by atoms with Gasteiger partial charge < -0.3 is 50.5 Å². The predicted molar refractivity (Wildman–Crippen MR) is 302 cm³/mol. The van der Waals surface area contributed by atoms with Gasteiger partial charge in [-0.3, -0.25) is 4.79 Å². The molecule has 1 heterocycles. The molecule has 0 radical (unpaired) electrons. The van der Waals surface area contributed by atoms with Crippen molar-refractivity contribution in [2.75, 3.05) is 13.2 Å². The number of amides is 1. The van der Waals surface area contributed by atoms with Crippen LogP contribution in [0.3, 0.4) is 0 Å². The van der Waals surface area contributed by atoms with Gasteiger partial charge in [-0.2, -0.15) is 0 Å². The van der Waals surface area contributed by atoms with Gasteiger partial charge in [-0.25, -0.2) is 0 Å². The van der Waals surface area contributed by atoms with E-state index in [1.54, 1.807) is 0 Å². The number of nitrogens with one attached hydrogen (secondary N) is 1. The zero-order valence-electron chi connectivity index (χ0n) is 46.6. The Morgan fingerprint density at radius 2 is 0.863 bits per heavy atom. The van der Waals surface area contributed by atoms with E-state index >= 15 is 0 Å². The zero-order chi connectivity index (χ0) is 53.3. The van der Waals surface area contributed by atoms with Crippen molar-refractivity contribution in [1.29, 1.82) is 0 Å². The maximum atomic E-state index is 13.2. The number of unbranched alkanes of at least 4 members (excludes halogenated alkanes) is 29. The van der Waals surface area contributed by atoms with Crippen molar-refractivity contribution in [2.45, 2.75) is 313 Å². The third kappa shape index (κ3) is 38.9. The van der Waals surface area contributed by atoms with Crippen LogP contribution in [0.2, 0.25) is 0 Å².